The van der Waals surface area contributed by atoms with Crippen LogP contribution < -0.4 is 15.0 Å². The molecule has 0 heterocycles. The predicted molar refractivity (Wildman–Crippen MR) is 119 cm³/mol. The fourth-order valence-corrected chi connectivity index (χ4v) is 3.17. The Kier molecular flexibility index (Phi) is 6.16. The molecule has 3 rings (SSSR count). The van der Waals surface area contributed by atoms with E-state index in [0.717, 1.165) is 22.7 Å². The summed E-state index contributed by atoms with van der Waals surface area (Å²) >= 11 is 5.73. The molecule has 2 N–H and O–H groups in total. The van der Waals surface area contributed by atoms with Crippen molar-refractivity contribution in [3.63, 3.8) is 0 Å². The first-order valence-electron chi connectivity index (χ1n) is 9.04. The zero-order valence-electron chi connectivity index (χ0n) is 16.3. The maximum Gasteiger partial charge on any atom is 0.178 e. The zero-order chi connectivity index (χ0) is 20.1. The first kappa shape index (κ1) is 19.7. The molecule has 0 aromatic heterocycles. The molecule has 4 nitrogen and oxygen atoms in total. The number of anilines is 2. The second kappa shape index (κ2) is 8.76. The Labute approximate surface area is 171 Å². The zero-order valence-corrected chi connectivity index (χ0v) is 17.1. The minimum atomic E-state index is 0.240. The number of benzene rings is 3. The van der Waals surface area contributed by atoms with Crippen molar-refractivity contribution in [3.8, 4) is 11.5 Å². The van der Waals surface area contributed by atoms with Gasteiger partial charge in [0.25, 0.3) is 0 Å². The molecule has 0 radical (unpaired) electrons. The summed E-state index contributed by atoms with van der Waals surface area (Å²) in [4.78, 5) is 1.95. The van der Waals surface area contributed by atoms with E-state index in [1.807, 2.05) is 47.4 Å². The number of methoxy groups -OCH3 is 1. The topological polar surface area (TPSA) is 44.7 Å². The highest BCUT2D eigenvalue weighted by molar-refractivity contribution is 7.80. The van der Waals surface area contributed by atoms with Gasteiger partial charge in [0, 0.05) is 23.0 Å². The number of thiocarbonyl (C=S) groups is 1. The lowest BCUT2D eigenvalue weighted by Crippen LogP contribution is -2.34. The Hall–Kier alpha value is -3.05. The minimum absolute atomic E-state index is 0.240. The Morgan fingerprint density at radius 2 is 1.79 bits per heavy atom. The van der Waals surface area contributed by atoms with Crippen LogP contribution in [0, 0.1) is 13.8 Å². The minimum Gasteiger partial charge on any atom is -0.508 e. The van der Waals surface area contributed by atoms with Gasteiger partial charge in [0.1, 0.15) is 11.5 Å². The number of aromatic hydroxyl groups is 1. The average Bonchev–Trinajstić information content (AvgIpc) is 2.70. The van der Waals surface area contributed by atoms with Crippen molar-refractivity contribution >= 4 is 28.7 Å². The molecule has 0 unspecified atom stereocenters. The van der Waals surface area contributed by atoms with Crippen LogP contribution in [0.15, 0.2) is 66.7 Å². The van der Waals surface area contributed by atoms with Gasteiger partial charge in [-0.3, -0.25) is 0 Å². The molecule has 144 valence electrons. The SMILES string of the molecule is COc1cccc(N(Cc2ccccc2O)C(=S)Nc2ccc(C)c(C)c2)c1. The Morgan fingerprint density at radius 1 is 1.00 bits per heavy atom. The standard InChI is InChI=1S/C23H24N2O2S/c1-16-11-12-19(13-17(16)2)24-23(28)25(15-18-7-4-5-10-22(18)26)20-8-6-9-21(14-20)27-3/h4-14,26H,15H2,1-3H3,(H,24,28). The number of phenolic OH excluding ortho intramolecular Hbond substituents is 1. The van der Waals surface area contributed by atoms with E-state index >= 15 is 0 Å². The van der Waals surface area contributed by atoms with Crippen LogP contribution in [-0.2, 0) is 6.54 Å². The molecule has 0 saturated carbocycles. The van der Waals surface area contributed by atoms with Gasteiger partial charge in [-0.1, -0.05) is 30.3 Å². The normalized spacial score (nSPS) is 10.4. The highest BCUT2D eigenvalue weighted by Crippen LogP contribution is 2.26. The van der Waals surface area contributed by atoms with E-state index in [1.165, 1.54) is 11.1 Å². The van der Waals surface area contributed by atoms with Crippen molar-refractivity contribution in [1.29, 1.82) is 0 Å². The Balaban J connectivity index is 1.93. The fraction of sp³-hybridized carbons (Fsp3) is 0.174. The van der Waals surface area contributed by atoms with E-state index in [2.05, 4.69) is 31.3 Å². The Morgan fingerprint density at radius 3 is 2.50 bits per heavy atom. The van der Waals surface area contributed by atoms with Gasteiger partial charge in [-0.25, -0.2) is 0 Å². The fourth-order valence-electron chi connectivity index (χ4n) is 2.88. The van der Waals surface area contributed by atoms with E-state index in [4.69, 9.17) is 17.0 Å². The van der Waals surface area contributed by atoms with Gasteiger partial charge in [0.15, 0.2) is 5.11 Å². The molecule has 0 aliphatic rings. The van der Waals surface area contributed by atoms with E-state index in [9.17, 15) is 5.11 Å². The number of aryl methyl sites for hydroxylation is 2. The summed E-state index contributed by atoms with van der Waals surface area (Å²) in [5, 5.41) is 14.1. The second-order valence-corrected chi connectivity index (χ2v) is 7.03. The second-order valence-electron chi connectivity index (χ2n) is 6.65. The molecule has 0 bridgehead atoms. The first-order valence-corrected chi connectivity index (χ1v) is 9.45. The molecular weight excluding hydrogens is 368 g/mol. The summed E-state index contributed by atoms with van der Waals surface area (Å²) in [5.41, 5.74) is 5.02. The quantitative estimate of drug-likeness (QED) is 0.568. The van der Waals surface area contributed by atoms with Gasteiger partial charge >= 0.3 is 0 Å². The van der Waals surface area contributed by atoms with E-state index in [0.29, 0.717) is 11.7 Å². The maximum absolute atomic E-state index is 10.2. The van der Waals surface area contributed by atoms with E-state index < -0.39 is 0 Å². The van der Waals surface area contributed by atoms with Gasteiger partial charge in [-0.05, 0) is 67.5 Å². The molecule has 3 aromatic carbocycles. The number of hydrogen-bond donors (Lipinski definition) is 2. The van der Waals surface area contributed by atoms with Gasteiger partial charge < -0.3 is 20.1 Å². The van der Waals surface area contributed by atoms with Crippen LogP contribution in [0.2, 0.25) is 0 Å². The van der Waals surface area contributed by atoms with Crippen LogP contribution in [0.3, 0.4) is 0 Å². The van der Waals surface area contributed by atoms with Crippen molar-refractivity contribution < 1.29 is 9.84 Å². The molecule has 0 fully saturated rings. The van der Waals surface area contributed by atoms with Crippen LogP contribution in [0.4, 0.5) is 11.4 Å². The number of rotatable bonds is 5. The van der Waals surface area contributed by atoms with Crippen molar-refractivity contribution in [3.05, 3.63) is 83.4 Å². The highest BCUT2D eigenvalue weighted by Gasteiger charge is 2.16. The molecule has 0 aliphatic carbocycles. The summed E-state index contributed by atoms with van der Waals surface area (Å²) in [7, 11) is 1.64. The maximum atomic E-state index is 10.2. The van der Waals surface area contributed by atoms with Crippen LogP contribution in [0.1, 0.15) is 16.7 Å². The monoisotopic (exact) mass is 392 g/mol. The van der Waals surface area contributed by atoms with Crippen molar-refractivity contribution in [2.24, 2.45) is 0 Å². The third kappa shape index (κ3) is 4.61. The first-order chi connectivity index (χ1) is 13.5. The van der Waals surface area contributed by atoms with Crippen LogP contribution in [-0.4, -0.2) is 17.3 Å². The smallest absolute Gasteiger partial charge is 0.178 e. The van der Waals surface area contributed by atoms with Crippen molar-refractivity contribution in [1.82, 2.24) is 0 Å². The summed E-state index contributed by atoms with van der Waals surface area (Å²) < 4.78 is 5.37. The summed E-state index contributed by atoms with van der Waals surface area (Å²) in [6.45, 7) is 4.58. The van der Waals surface area contributed by atoms with Crippen LogP contribution in [0.5, 0.6) is 11.5 Å². The van der Waals surface area contributed by atoms with Crippen molar-refractivity contribution in [2.75, 3.05) is 17.3 Å². The Bertz CT molecular complexity index is 988. The van der Waals surface area contributed by atoms with E-state index in [-0.39, 0.29) is 5.75 Å². The number of hydrogen-bond acceptors (Lipinski definition) is 3. The number of para-hydroxylation sites is 1. The molecule has 5 heteroatoms. The molecule has 28 heavy (non-hydrogen) atoms. The number of nitrogens with zero attached hydrogens (tertiary/aromatic N) is 1. The van der Waals surface area contributed by atoms with Gasteiger partial charge in [0.05, 0.1) is 13.7 Å². The molecule has 0 atom stereocenters. The number of ether oxygens (including phenoxy) is 1. The molecule has 0 spiro atoms. The van der Waals surface area contributed by atoms with Crippen molar-refractivity contribution in [2.45, 2.75) is 20.4 Å². The van der Waals surface area contributed by atoms with Gasteiger partial charge in [0.2, 0.25) is 0 Å². The molecular formula is C23H24N2O2S. The molecule has 0 saturated heterocycles. The largest absolute Gasteiger partial charge is 0.508 e. The third-order valence-electron chi connectivity index (χ3n) is 4.69. The van der Waals surface area contributed by atoms with Gasteiger partial charge in [-0.2, -0.15) is 0 Å². The molecule has 0 amide bonds. The van der Waals surface area contributed by atoms with Gasteiger partial charge in [-0.15, -0.1) is 0 Å². The van der Waals surface area contributed by atoms with Crippen LogP contribution >= 0.6 is 12.2 Å². The summed E-state index contributed by atoms with van der Waals surface area (Å²) in [6.07, 6.45) is 0. The summed E-state index contributed by atoms with van der Waals surface area (Å²) in [6, 6.07) is 21.1. The molecule has 0 aliphatic heterocycles. The summed E-state index contributed by atoms with van der Waals surface area (Å²) in [5.74, 6) is 0.984. The average molecular weight is 393 g/mol. The number of phenols is 1. The number of nitrogens with one attached hydrogen (secondary N) is 1. The van der Waals surface area contributed by atoms with E-state index in [1.54, 1.807) is 19.2 Å². The lowest BCUT2D eigenvalue weighted by atomic mass is 10.1. The third-order valence-corrected chi connectivity index (χ3v) is 5.01. The molecule has 3 aromatic rings. The van der Waals surface area contributed by atoms with Crippen LogP contribution in [0.25, 0.3) is 0 Å². The lowest BCUT2D eigenvalue weighted by molar-refractivity contribution is 0.415. The lowest BCUT2D eigenvalue weighted by Gasteiger charge is -2.27. The predicted octanol–water partition coefficient (Wildman–Crippen LogP) is 5.42. The highest BCUT2D eigenvalue weighted by atomic mass is 32.1.